The molecule has 3 rings (SSSR count). The molecule has 1 amide bonds. The predicted octanol–water partition coefficient (Wildman–Crippen LogP) is 5.05. The van der Waals surface area contributed by atoms with Gasteiger partial charge in [0.05, 0.1) is 24.7 Å². The number of amides is 1. The zero-order chi connectivity index (χ0) is 18.5. The van der Waals surface area contributed by atoms with Crippen molar-refractivity contribution >= 4 is 34.6 Å². The molecule has 3 aromatic rings. The molecular weight excluding hydrogens is 350 g/mol. The number of aryl methyl sites for hydroxylation is 1. The first kappa shape index (κ1) is 17.8. The lowest BCUT2D eigenvalue weighted by Gasteiger charge is -2.11. The number of carbonyl (C=O) groups excluding carboxylic acids is 1. The van der Waals surface area contributed by atoms with E-state index in [-0.39, 0.29) is 5.91 Å². The summed E-state index contributed by atoms with van der Waals surface area (Å²) >= 11 is 5.98. The van der Waals surface area contributed by atoms with Crippen molar-refractivity contribution in [3.05, 3.63) is 77.1 Å². The van der Waals surface area contributed by atoms with Gasteiger partial charge in [0.1, 0.15) is 11.4 Å². The van der Waals surface area contributed by atoms with Crippen LogP contribution in [0.25, 0.3) is 0 Å². The number of anilines is 3. The van der Waals surface area contributed by atoms with Crippen molar-refractivity contribution in [1.29, 1.82) is 0 Å². The Morgan fingerprint density at radius 2 is 1.92 bits per heavy atom. The number of methoxy groups -OCH3 is 1. The van der Waals surface area contributed by atoms with E-state index in [1.165, 1.54) is 7.11 Å². The lowest BCUT2D eigenvalue weighted by Crippen LogP contribution is -2.14. The minimum Gasteiger partial charge on any atom is -0.495 e. The fourth-order valence-electron chi connectivity index (χ4n) is 2.46. The molecule has 0 bridgehead atoms. The Kier molecular flexibility index (Phi) is 5.39. The highest BCUT2D eigenvalue weighted by molar-refractivity contribution is 6.31. The Labute approximate surface area is 157 Å². The SMILES string of the molecule is COc1ccc(Cl)cc1NC(=O)c1ccc(Nc2cccc(C)c2)cn1. The molecule has 0 aliphatic carbocycles. The van der Waals surface area contributed by atoms with E-state index in [2.05, 4.69) is 15.6 Å². The molecule has 5 nitrogen and oxygen atoms in total. The summed E-state index contributed by atoms with van der Waals surface area (Å²) in [7, 11) is 1.53. The van der Waals surface area contributed by atoms with Crippen molar-refractivity contribution in [3.63, 3.8) is 0 Å². The highest BCUT2D eigenvalue weighted by Crippen LogP contribution is 2.28. The first-order valence-electron chi connectivity index (χ1n) is 8.00. The number of hydrogen-bond donors (Lipinski definition) is 2. The number of benzene rings is 2. The molecule has 0 fully saturated rings. The van der Waals surface area contributed by atoms with Crippen molar-refractivity contribution in [1.82, 2.24) is 4.98 Å². The third-order valence-electron chi connectivity index (χ3n) is 3.71. The van der Waals surface area contributed by atoms with E-state index in [0.29, 0.717) is 22.2 Å². The van der Waals surface area contributed by atoms with Crippen LogP contribution in [-0.2, 0) is 0 Å². The van der Waals surface area contributed by atoms with Crippen LogP contribution in [0, 0.1) is 6.92 Å². The summed E-state index contributed by atoms with van der Waals surface area (Å²) in [6, 6.07) is 16.5. The molecule has 0 spiro atoms. The Hall–Kier alpha value is -3.05. The van der Waals surface area contributed by atoms with Gasteiger partial charge in [-0.1, -0.05) is 23.7 Å². The molecule has 0 radical (unpaired) electrons. The van der Waals surface area contributed by atoms with Gasteiger partial charge in [-0.05, 0) is 55.0 Å². The summed E-state index contributed by atoms with van der Waals surface area (Å²) in [6.45, 7) is 2.03. The van der Waals surface area contributed by atoms with Gasteiger partial charge >= 0.3 is 0 Å². The number of nitrogens with zero attached hydrogens (tertiary/aromatic N) is 1. The molecular formula is C20H18ClN3O2. The standard InChI is InChI=1S/C20H18ClN3O2/c1-13-4-3-5-15(10-13)23-16-7-8-17(22-12-16)20(25)24-18-11-14(21)6-9-19(18)26-2/h3-12,23H,1-2H3,(H,24,25). The Bertz CT molecular complexity index is 927. The number of rotatable bonds is 5. The van der Waals surface area contributed by atoms with Gasteiger partial charge in [0, 0.05) is 10.7 Å². The van der Waals surface area contributed by atoms with Crippen LogP contribution in [0.4, 0.5) is 17.1 Å². The van der Waals surface area contributed by atoms with Crippen molar-refractivity contribution in [3.8, 4) is 5.75 Å². The van der Waals surface area contributed by atoms with Crippen LogP contribution >= 0.6 is 11.6 Å². The summed E-state index contributed by atoms with van der Waals surface area (Å²) in [4.78, 5) is 16.6. The van der Waals surface area contributed by atoms with Gasteiger partial charge < -0.3 is 15.4 Å². The second-order valence-electron chi connectivity index (χ2n) is 5.73. The summed E-state index contributed by atoms with van der Waals surface area (Å²) in [6.07, 6.45) is 1.62. The maximum Gasteiger partial charge on any atom is 0.274 e. The summed E-state index contributed by atoms with van der Waals surface area (Å²) in [5.74, 6) is 0.188. The van der Waals surface area contributed by atoms with Crippen LogP contribution in [0.5, 0.6) is 5.75 Å². The fraction of sp³-hybridized carbons (Fsp3) is 0.100. The zero-order valence-electron chi connectivity index (χ0n) is 14.4. The van der Waals surface area contributed by atoms with E-state index >= 15 is 0 Å². The van der Waals surface area contributed by atoms with Gasteiger partial charge in [-0.3, -0.25) is 4.79 Å². The maximum atomic E-state index is 12.4. The van der Waals surface area contributed by atoms with Gasteiger partial charge in [0.15, 0.2) is 0 Å². The number of pyridine rings is 1. The minimum atomic E-state index is -0.340. The molecule has 2 aromatic carbocycles. The quantitative estimate of drug-likeness (QED) is 0.662. The molecule has 0 atom stereocenters. The Morgan fingerprint density at radius 3 is 2.62 bits per heavy atom. The number of ether oxygens (including phenoxy) is 1. The first-order chi connectivity index (χ1) is 12.5. The van der Waals surface area contributed by atoms with E-state index < -0.39 is 0 Å². The topological polar surface area (TPSA) is 63.2 Å². The van der Waals surface area contributed by atoms with Gasteiger partial charge in [-0.25, -0.2) is 4.98 Å². The Morgan fingerprint density at radius 1 is 1.08 bits per heavy atom. The molecule has 132 valence electrons. The van der Waals surface area contributed by atoms with Crippen molar-refractivity contribution < 1.29 is 9.53 Å². The largest absolute Gasteiger partial charge is 0.495 e. The lowest BCUT2D eigenvalue weighted by molar-refractivity contribution is 0.102. The average Bonchev–Trinajstić information content (AvgIpc) is 2.62. The first-order valence-corrected chi connectivity index (χ1v) is 8.37. The highest BCUT2D eigenvalue weighted by atomic mass is 35.5. The van der Waals surface area contributed by atoms with Gasteiger partial charge in [-0.2, -0.15) is 0 Å². The third-order valence-corrected chi connectivity index (χ3v) is 3.95. The molecule has 0 unspecified atom stereocenters. The van der Waals surface area contributed by atoms with E-state index in [1.54, 1.807) is 36.5 Å². The molecule has 0 saturated heterocycles. The lowest BCUT2D eigenvalue weighted by atomic mass is 10.2. The molecule has 2 N–H and O–H groups in total. The van der Waals surface area contributed by atoms with Crippen LogP contribution in [0.3, 0.4) is 0 Å². The number of hydrogen-bond acceptors (Lipinski definition) is 4. The number of halogens is 1. The third kappa shape index (κ3) is 4.32. The fourth-order valence-corrected chi connectivity index (χ4v) is 2.63. The maximum absolute atomic E-state index is 12.4. The number of carbonyl (C=O) groups is 1. The van der Waals surface area contributed by atoms with E-state index in [0.717, 1.165) is 16.9 Å². The minimum absolute atomic E-state index is 0.293. The van der Waals surface area contributed by atoms with Gasteiger partial charge in [-0.15, -0.1) is 0 Å². The monoisotopic (exact) mass is 367 g/mol. The Balaban J connectivity index is 1.72. The molecule has 6 heteroatoms. The molecule has 1 aromatic heterocycles. The second kappa shape index (κ2) is 7.89. The van der Waals surface area contributed by atoms with Crippen LogP contribution in [-0.4, -0.2) is 18.0 Å². The van der Waals surface area contributed by atoms with Crippen molar-refractivity contribution in [2.75, 3.05) is 17.7 Å². The summed E-state index contributed by atoms with van der Waals surface area (Å²) in [5.41, 5.74) is 3.71. The van der Waals surface area contributed by atoms with Crippen LogP contribution in [0.15, 0.2) is 60.8 Å². The molecule has 1 heterocycles. The highest BCUT2D eigenvalue weighted by Gasteiger charge is 2.11. The van der Waals surface area contributed by atoms with Crippen LogP contribution in [0.1, 0.15) is 16.1 Å². The predicted molar refractivity (Wildman–Crippen MR) is 105 cm³/mol. The van der Waals surface area contributed by atoms with Crippen molar-refractivity contribution in [2.45, 2.75) is 6.92 Å². The van der Waals surface area contributed by atoms with Crippen molar-refractivity contribution in [2.24, 2.45) is 0 Å². The number of nitrogens with one attached hydrogen (secondary N) is 2. The summed E-state index contributed by atoms with van der Waals surface area (Å²) < 4.78 is 5.23. The smallest absolute Gasteiger partial charge is 0.274 e. The molecule has 0 aliphatic heterocycles. The van der Waals surface area contributed by atoms with E-state index in [4.69, 9.17) is 16.3 Å². The zero-order valence-corrected chi connectivity index (χ0v) is 15.2. The second-order valence-corrected chi connectivity index (χ2v) is 6.16. The average molecular weight is 368 g/mol. The molecule has 0 saturated carbocycles. The summed E-state index contributed by atoms with van der Waals surface area (Å²) in [5, 5.41) is 6.52. The van der Waals surface area contributed by atoms with Gasteiger partial charge in [0.2, 0.25) is 0 Å². The number of aromatic nitrogens is 1. The molecule has 26 heavy (non-hydrogen) atoms. The van der Waals surface area contributed by atoms with Crippen LogP contribution in [0.2, 0.25) is 5.02 Å². The normalized spacial score (nSPS) is 10.3. The molecule has 0 aliphatic rings. The van der Waals surface area contributed by atoms with Crippen LogP contribution < -0.4 is 15.4 Å². The van der Waals surface area contributed by atoms with Gasteiger partial charge in [0.25, 0.3) is 5.91 Å². The van der Waals surface area contributed by atoms with E-state index in [1.807, 2.05) is 31.2 Å². The van der Waals surface area contributed by atoms with E-state index in [9.17, 15) is 4.79 Å².